The molecule has 8 heteroatoms. The van der Waals surface area contributed by atoms with Crippen molar-refractivity contribution in [2.45, 2.75) is 6.92 Å². The molecule has 0 heterocycles. The van der Waals surface area contributed by atoms with Crippen LogP contribution in [0.25, 0.3) is 0 Å². The fourth-order valence-electron chi connectivity index (χ4n) is 1.25. The van der Waals surface area contributed by atoms with Crippen LogP contribution in [0.15, 0.2) is 24.3 Å². The zero-order valence-electron chi connectivity index (χ0n) is 11.3. The van der Waals surface area contributed by atoms with E-state index in [9.17, 15) is 14.4 Å². The molecule has 2 N–H and O–H groups in total. The van der Waals surface area contributed by atoms with Gasteiger partial charge in [0.25, 0.3) is 11.8 Å². The van der Waals surface area contributed by atoms with Crippen molar-refractivity contribution in [3.05, 3.63) is 34.9 Å². The van der Waals surface area contributed by atoms with Gasteiger partial charge < -0.3 is 9.47 Å². The topological polar surface area (TPSA) is 93.7 Å². The highest BCUT2D eigenvalue weighted by Crippen LogP contribution is 2.13. The summed E-state index contributed by atoms with van der Waals surface area (Å²) in [5.74, 6) is -1.92. The van der Waals surface area contributed by atoms with Gasteiger partial charge in [0.2, 0.25) is 0 Å². The van der Waals surface area contributed by atoms with Crippen LogP contribution in [0, 0.1) is 0 Å². The highest BCUT2D eigenvalue weighted by Gasteiger charge is 2.11. The van der Waals surface area contributed by atoms with Gasteiger partial charge in [-0.25, -0.2) is 4.79 Å². The highest BCUT2D eigenvalue weighted by molar-refractivity contribution is 6.33. The van der Waals surface area contributed by atoms with E-state index in [4.69, 9.17) is 16.3 Å². The van der Waals surface area contributed by atoms with Gasteiger partial charge in [-0.15, -0.1) is 0 Å². The summed E-state index contributed by atoms with van der Waals surface area (Å²) in [4.78, 5) is 34.2. The Bertz CT molecular complexity index is 521. The van der Waals surface area contributed by atoms with Crippen LogP contribution in [0.1, 0.15) is 17.3 Å². The third-order valence-electron chi connectivity index (χ3n) is 2.22. The maximum absolute atomic E-state index is 11.7. The lowest BCUT2D eigenvalue weighted by Gasteiger charge is -2.08. The van der Waals surface area contributed by atoms with E-state index in [1.807, 2.05) is 0 Å². The van der Waals surface area contributed by atoms with Gasteiger partial charge in [-0.3, -0.25) is 20.4 Å². The number of nitrogens with one attached hydrogen (secondary N) is 2. The molecule has 0 saturated heterocycles. The first-order valence-electron chi connectivity index (χ1n) is 6.11. The average Bonchev–Trinajstić information content (AvgIpc) is 2.48. The Morgan fingerprint density at radius 1 is 1.14 bits per heavy atom. The minimum Gasteiger partial charge on any atom is -0.454 e. The van der Waals surface area contributed by atoms with E-state index in [-0.39, 0.29) is 17.2 Å². The number of benzene rings is 1. The van der Waals surface area contributed by atoms with Crippen LogP contribution in [-0.4, -0.2) is 37.6 Å². The largest absolute Gasteiger partial charge is 0.454 e. The summed E-state index contributed by atoms with van der Waals surface area (Å²) in [6.45, 7) is 1.35. The van der Waals surface area contributed by atoms with Gasteiger partial charge in [0, 0.05) is 6.61 Å². The Morgan fingerprint density at radius 2 is 1.86 bits per heavy atom. The lowest BCUT2D eigenvalue weighted by Crippen LogP contribution is -2.43. The van der Waals surface area contributed by atoms with E-state index in [1.54, 1.807) is 25.1 Å². The molecule has 0 radical (unpaired) electrons. The van der Waals surface area contributed by atoms with Crippen LogP contribution in [0.5, 0.6) is 0 Å². The smallest absolute Gasteiger partial charge is 0.332 e. The number of ether oxygens (including phenoxy) is 2. The molecule has 0 saturated carbocycles. The number of amides is 2. The minimum absolute atomic E-state index is 0.216. The number of carbonyl (C=O) groups excluding carboxylic acids is 3. The average molecular weight is 315 g/mol. The van der Waals surface area contributed by atoms with Crippen molar-refractivity contribution in [2.24, 2.45) is 0 Å². The molecule has 0 aliphatic carbocycles. The van der Waals surface area contributed by atoms with Gasteiger partial charge in [0.05, 0.1) is 10.6 Å². The van der Waals surface area contributed by atoms with Crippen molar-refractivity contribution in [3.8, 4) is 0 Å². The summed E-state index contributed by atoms with van der Waals surface area (Å²) in [7, 11) is 0. The van der Waals surface area contributed by atoms with Crippen LogP contribution >= 0.6 is 11.6 Å². The number of halogens is 1. The molecule has 2 amide bonds. The molecule has 1 aromatic rings. The third-order valence-corrected chi connectivity index (χ3v) is 2.55. The quantitative estimate of drug-likeness (QED) is 0.595. The summed E-state index contributed by atoms with van der Waals surface area (Å²) in [5.41, 5.74) is 4.48. The number of rotatable bonds is 6. The van der Waals surface area contributed by atoms with Crippen LogP contribution in [0.4, 0.5) is 0 Å². The molecule has 7 nitrogen and oxygen atoms in total. The van der Waals surface area contributed by atoms with Gasteiger partial charge in [0.1, 0.15) is 6.61 Å². The van der Waals surface area contributed by atoms with E-state index in [1.165, 1.54) is 6.07 Å². The molecule has 0 aliphatic heterocycles. The number of carbonyl (C=O) groups is 3. The molecule has 0 aliphatic rings. The molecule has 0 fully saturated rings. The van der Waals surface area contributed by atoms with Gasteiger partial charge in [-0.2, -0.15) is 0 Å². The molecule has 21 heavy (non-hydrogen) atoms. The van der Waals surface area contributed by atoms with Crippen LogP contribution < -0.4 is 10.9 Å². The first-order chi connectivity index (χ1) is 10.0. The van der Waals surface area contributed by atoms with E-state index >= 15 is 0 Å². The first-order valence-corrected chi connectivity index (χ1v) is 6.49. The molecular weight excluding hydrogens is 300 g/mol. The predicted molar refractivity (Wildman–Crippen MR) is 74.5 cm³/mol. The Morgan fingerprint density at radius 3 is 2.52 bits per heavy atom. The minimum atomic E-state index is -0.680. The second-order valence-corrected chi connectivity index (χ2v) is 4.19. The van der Waals surface area contributed by atoms with Crippen molar-refractivity contribution in [1.29, 1.82) is 0 Å². The van der Waals surface area contributed by atoms with Crippen molar-refractivity contribution in [2.75, 3.05) is 19.8 Å². The van der Waals surface area contributed by atoms with Gasteiger partial charge >= 0.3 is 5.97 Å². The maximum atomic E-state index is 11.7. The molecule has 0 atom stereocenters. The fraction of sp³-hybridized carbons (Fsp3) is 0.308. The molecule has 0 unspecified atom stereocenters. The van der Waals surface area contributed by atoms with E-state index < -0.39 is 24.4 Å². The summed E-state index contributed by atoms with van der Waals surface area (Å²) >= 11 is 5.83. The van der Waals surface area contributed by atoms with Gasteiger partial charge in [0.15, 0.2) is 6.61 Å². The highest BCUT2D eigenvalue weighted by atomic mass is 35.5. The number of hydrazine groups is 1. The molecule has 0 spiro atoms. The SMILES string of the molecule is CCOCC(=O)OCC(=O)NNC(=O)c1ccccc1Cl. The van der Waals surface area contributed by atoms with Crippen molar-refractivity contribution < 1.29 is 23.9 Å². The zero-order valence-corrected chi connectivity index (χ0v) is 12.1. The second kappa shape index (κ2) is 8.93. The van der Waals surface area contributed by atoms with Crippen molar-refractivity contribution in [3.63, 3.8) is 0 Å². The Labute approximate surface area is 126 Å². The van der Waals surface area contributed by atoms with Crippen LogP contribution in [0.2, 0.25) is 5.02 Å². The molecule has 1 aromatic carbocycles. The zero-order chi connectivity index (χ0) is 15.7. The standard InChI is InChI=1S/C13H15ClN2O5/c1-2-20-8-12(18)21-7-11(17)15-16-13(19)9-5-3-4-6-10(9)14/h3-6H,2,7-8H2,1H3,(H,15,17)(H,16,19). The van der Waals surface area contributed by atoms with E-state index in [0.717, 1.165) is 0 Å². The normalized spacial score (nSPS) is 9.81. The Balaban J connectivity index is 2.32. The van der Waals surface area contributed by atoms with Gasteiger partial charge in [-0.1, -0.05) is 23.7 Å². The molecule has 0 aromatic heterocycles. The summed E-state index contributed by atoms with van der Waals surface area (Å²) < 4.78 is 9.42. The fourth-order valence-corrected chi connectivity index (χ4v) is 1.47. The summed E-state index contributed by atoms with van der Waals surface area (Å²) in [6, 6.07) is 6.37. The summed E-state index contributed by atoms with van der Waals surface area (Å²) in [6.07, 6.45) is 0. The maximum Gasteiger partial charge on any atom is 0.332 e. The lowest BCUT2D eigenvalue weighted by molar-refractivity contribution is -0.152. The molecule has 0 bridgehead atoms. The number of hydrogen-bond acceptors (Lipinski definition) is 5. The second-order valence-electron chi connectivity index (χ2n) is 3.78. The number of esters is 1. The Hall–Kier alpha value is -2.12. The monoisotopic (exact) mass is 314 g/mol. The molecular formula is C13H15ClN2O5. The van der Waals surface area contributed by atoms with E-state index in [0.29, 0.717) is 6.61 Å². The Kier molecular flexibility index (Phi) is 7.20. The van der Waals surface area contributed by atoms with E-state index in [2.05, 4.69) is 15.6 Å². The van der Waals surface area contributed by atoms with Crippen LogP contribution in [-0.2, 0) is 19.1 Å². The van der Waals surface area contributed by atoms with Crippen molar-refractivity contribution in [1.82, 2.24) is 10.9 Å². The first kappa shape index (κ1) is 16.9. The van der Waals surface area contributed by atoms with Crippen LogP contribution in [0.3, 0.4) is 0 Å². The molecule has 114 valence electrons. The van der Waals surface area contributed by atoms with Gasteiger partial charge in [-0.05, 0) is 19.1 Å². The number of hydrogen-bond donors (Lipinski definition) is 2. The summed E-state index contributed by atoms with van der Waals surface area (Å²) in [5, 5.41) is 0.257. The lowest BCUT2D eigenvalue weighted by atomic mass is 10.2. The molecule has 1 rings (SSSR count). The third kappa shape index (κ3) is 6.24. The van der Waals surface area contributed by atoms with Crippen molar-refractivity contribution >= 4 is 29.4 Å². The predicted octanol–water partition coefficient (Wildman–Crippen LogP) is 0.681.